The zero-order chi connectivity index (χ0) is 23.5. The molecule has 0 saturated heterocycles. The second-order valence-corrected chi connectivity index (χ2v) is 7.92. The van der Waals surface area contributed by atoms with Gasteiger partial charge in [-0.1, -0.05) is 26.0 Å². The fourth-order valence-electron chi connectivity index (χ4n) is 3.43. The Morgan fingerprint density at radius 1 is 1.12 bits per heavy atom. The van der Waals surface area contributed by atoms with Crippen LogP contribution in [-0.4, -0.2) is 47.5 Å². The van der Waals surface area contributed by atoms with E-state index in [1.54, 1.807) is 32.6 Å². The summed E-state index contributed by atoms with van der Waals surface area (Å²) in [5.74, 6) is 1.33. The van der Waals surface area contributed by atoms with E-state index in [9.17, 15) is 4.79 Å². The van der Waals surface area contributed by atoms with Crippen LogP contribution in [0.1, 0.15) is 29.8 Å². The van der Waals surface area contributed by atoms with Crippen molar-refractivity contribution in [2.75, 3.05) is 26.5 Å². The molecule has 9 nitrogen and oxygen atoms in total. The molecular weight excluding hydrogens is 420 g/mol. The van der Waals surface area contributed by atoms with Crippen LogP contribution in [0, 0.1) is 5.92 Å². The minimum absolute atomic E-state index is 0.165. The molecule has 0 aliphatic heterocycles. The zero-order valence-electron chi connectivity index (χ0n) is 19.0. The van der Waals surface area contributed by atoms with Gasteiger partial charge in [-0.05, 0) is 41.8 Å². The van der Waals surface area contributed by atoms with E-state index in [2.05, 4.69) is 15.4 Å². The zero-order valence-corrected chi connectivity index (χ0v) is 19.0. The summed E-state index contributed by atoms with van der Waals surface area (Å²) in [6.45, 7) is 4.56. The number of fused-ring (bicyclic) bond motifs is 2. The second-order valence-electron chi connectivity index (χ2n) is 7.92. The summed E-state index contributed by atoms with van der Waals surface area (Å²) in [5, 5.41) is 7.44. The Labute approximate surface area is 191 Å². The van der Waals surface area contributed by atoms with E-state index in [4.69, 9.17) is 20.2 Å². The molecule has 33 heavy (non-hydrogen) atoms. The van der Waals surface area contributed by atoms with E-state index >= 15 is 0 Å². The Morgan fingerprint density at radius 2 is 1.82 bits per heavy atom. The lowest BCUT2D eigenvalue weighted by molar-refractivity contribution is 0.0951. The number of hydrogen-bond donors (Lipinski definition) is 2. The van der Waals surface area contributed by atoms with Crippen molar-refractivity contribution in [2.24, 2.45) is 11.0 Å². The van der Waals surface area contributed by atoms with Gasteiger partial charge in [0.25, 0.3) is 5.91 Å². The molecule has 2 heterocycles. The number of nitrogens with one attached hydrogen (secondary N) is 1. The molecule has 0 aliphatic carbocycles. The van der Waals surface area contributed by atoms with E-state index in [1.807, 2.05) is 44.2 Å². The number of methoxy groups -OCH3 is 2. The summed E-state index contributed by atoms with van der Waals surface area (Å²) in [6, 6.07) is 12.9. The Kier molecular flexibility index (Phi) is 6.12. The van der Waals surface area contributed by atoms with Gasteiger partial charge < -0.3 is 20.5 Å². The van der Waals surface area contributed by atoms with E-state index < -0.39 is 0 Å². The number of nitrogen functional groups attached to an aromatic ring is 1. The Bertz CT molecular complexity index is 1360. The van der Waals surface area contributed by atoms with E-state index in [-0.39, 0.29) is 17.3 Å². The Hall–Kier alpha value is -4.14. The van der Waals surface area contributed by atoms with Gasteiger partial charge in [-0.15, -0.1) is 0 Å². The average molecular weight is 447 g/mol. The molecule has 3 N–H and O–H groups in total. The first-order chi connectivity index (χ1) is 15.9. The SMILES string of the molecule is COc1ccc(/C=N\n2c(N)c(C(=O)NCC(C)C)c3nc4ccccc4nc32)cc1OC. The highest BCUT2D eigenvalue weighted by molar-refractivity contribution is 6.10. The van der Waals surface area contributed by atoms with Crippen LogP contribution in [-0.2, 0) is 0 Å². The lowest BCUT2D eigenvalue weighted by Crippen LogP contribution is -2.28. The number of para-hydroxylation sites is 2. The molecule has 0 saturated carbocycles. The summed E-state index contributed by atoms with van der Waals surface area (Å²) >= 11 is 0. The molecule has 9 heteroatoms. The highest BCUT2D eigenvalue weighted by Crippen LogP contribution is 2.29. The first kappa shape index (κ1) is 22.1. The predicted molar refractivity (Wildman–Crippen MR) is 129 cm³/mol. The first-order valence-corrected chi connectivity index (χ1v) is 10.5. The summed E-state index contributed by atoms with van der Waals surface area (Å²) in [7, 11) is 3.14. The molecule has 0 fully saturated rings. The average Bonchev–Trinajstić information content (AvgIpc) is 3.09. The molecule has 170 valence electrons. The normalized spacial score (nSPS) is 11.5. The van der Waals surface area contributed by atoms with Gasteiger partial charge in [0.15, 0.2) is 17.1 Å². The van der Waals surface area contributed by atoms with E-state index in [0.717, 1.165) is 5.56 Å². The van der Waals surface area contributed by atoms with Gasteiger partial charge in [0.1, 0.15) is 16.9 Å². The van der Waals surface area contributed by atoms with Crippen LogP contribution in [0.4, 0.5) is 5.82 Å². The van der Waals surface area contributed by atoms with E-state index in [0.29, 0.717) is 46.2 Å². The van der Waals surface area contributed by atoms with Crippen molar-refractivity contribution in [3.63, 3.8) is 0 Å². The standard InChI is InChI=1S/C24H26N6O3/c1-14(2)12-26-24(31)20-21-23(29-17-8-6-5-7-16(17)28-21)30(22(20)25)27-13-15-9-10-18(32-3)19(11-15)33-4/h5-11,13-14H,12,25H2,1-4H3,(H,26,31)/b27-13-. The number of carbonyl (C=O) groups excluding carboxylic acids is 1. The van der Waals surface area contributed by atoms with Crippen molar-refractivity contribution < 1.29 is 14.3 Å². The Morgan fingerprint density at radius 3 is 2.48 bits per heavy atom. The molecule has 0 spiro atoms. The van der Waals surface area contributed by atoms with Crippen LogP contribution >= 0.6 is 0 Å². The second kappa shape index (κ2) is 9.15. The largest absolute Gasteiger partial charge is 0.493 e. The third-order valence-corrected chi connectivity index (χ3v) is 5.10. The molecule has 4 aromatic rings. The molecule has 1 amide bonds. The van der Waals surface area contributed by atoms with Gasteiger partial charge in [0, 0.05) is 6.54 Å². The highest BCUT2D eigenvalue weighted by atomic mass is 16.5. The monoisotopic (exact) mass is 446 g/mol. The van der Waals surface area contributed by atoms with Crippen LogP contribution in [0.15, 0.2) is 47.6 Å². The number of ether oxygens (including phenoxy) is 2. The summed E-state index contributed by atoms with van der Waals surface area (Å²) in [4.78, 5) is 22.4. The molecule has 2 aromatic carbocycles. The number of hydrogen-bond acceptors (Lipinski definition) is 7. The van der Waals surface area contributed by atoms with Crippen molar-refractivity contribution in [3.8, 4) is 11.5 Å². The summed E-state index contributed by atoms with van der Waals surface area (Å²) in [6.07, 6.45) is 1.62. The fourth-order valence-corrected chi connectivity index (χ4v) is 3.43. The molecule has 4 rings (SSSR count). The molecule has 0 atom stereocenters. The molecular formula is C24H26N6O3. The minimum Gasteiger partial charge on any atom is -0.493 e. The van der Waals surface area contributed by atoms with Crippen molar-refractivity contribution in [2.45, 2.75) is 13.8 Å². The van der Waals surface area contributed by atoms with Gasteiger partial charge >= 0.3 is 0 Å². The lowest BCUT2D eigenvalue weighted by Gasteiger charge is -2.08. The van der Waals surface area contributed by atoms with Crippen LogP contribution < -0.4 is 20.5 Å². The summed E-state index contributed by atoms with van der Waals surface area (Å²) in [5.41, 5.74) is 9.58. The smallest absolute Gasteiger partial charge is 0.257 e. The topological polar surface area (TPSA) is 117 Å². The van der Waals surface area contributed by atoms with Crippen LogP contribution in [0.2, 0.25) is 0 Å². The molecule has 0 bridgehead atoms. The first-order valence-electron chi connectivity index (χ1n) is 10.5. The van der Waals surface area contributed by atoms with Gasteiger partial charge in [0.05, 0.1) is 31.5 Å². The van der Waals surface area contributed by atoms with Crippen LogP contribution in [0.3, 0.4) is 0 Å². The van der Waals surface area contributed by atoms with Gasteiger partial charge in [-0.2, -0.15) is 9.78 Å². The molecule has 2 aromatic heterocycles. The fraction of sp³-hybridized carbons (Fsp3) is 0.250. The predicted octanol–water partition coefficient (Wildman–Crippen LogP) is 3.45. The van der Waals surface area contributed by atoms with Crippen LogP contribution in [0.25, 0.3) is 22.2 Å². The van der Waals surface area contributed by atoms with Crippen molar-refractivity contribution in [1.82, 2.24) is 20.0 Å². The van der Waals surface area contributed by atoms with Crippen molar-refractivity contribution in [1.29, 1.82) is 0 Å². The highest BCUT2D eigenvalue weighted by Gasteiger charge is 2.24. The van der Waals surface area contributed by atoms with Crippen molar-refractivity contribution >= 4 is 40.1 Å². The quantitative estimate of drug-likeness (QED) is 0.420. The van der Waals surface area contributed by atoms with Gasteiger partial charge in [0.2, 0.25) is 0 Å². The maximum Gasteiger partial charge on any atom is 0.257 e. The number of carbonyl (C=O) groups is 1. The van der Waals surface area contributed by atoms with Crippen LogP contribution in [0.5, 0.6) is 11.5 Å². The van der Waals surface area contributed by atoms with Crippen molar-refractivity contribution in [3.05, 3.63) is 53.6 Å². The van der Waals surface area contributed by atoms with E-state index in [1.165, 1.54) is 4.68 Å². The molecule has 0 aliphatic rings. The number of nitrogens with two attached hydrogens (primary N) is 1. The number of amides is 1. The number of benzene rings is 2. The third kappa shape index (κ3) is 4.30. The lowest BCUT2D eigenvalue weighted by atomic mass is 10.2. The maximum absolute atomic E-state index is 13.0. The Balaban J connectivity index is 1.85. The minimum atomic E-state index is -0.309. The molecule has 0 unspecified atom stereocenters. The third-order valence-electron chi connectivity index (χ3n) is 5.10. The summed E-state index contributed by atoms with van der Waals surface area (Å²) < 4.78 is 12.1. The maximum atomic E-state index is 13.0. The van der Waals surface area contributed by atoms with Gasteiger partial charge in [-0.25, -0.2) is 9.97 Å². The van der Waals surface area contributed by atoms with Gasteiger partial charge in [-0.3, -0.25) is 4.79 Å². The molecule has 0 radical (unpaired) electrons. The number of anilines is 1. The number of rotatable bonds is 7. The number of aromatic nitrogens is 3. The number of nitrogens with zero attached hydrogens (tertiary/aromatic N) is 4.